The van der Waals surface area contributed by atoms with Crippen molar-refractivity contribution in [1.82, 2.24) is 10.6 Å². The molecule has 130 valence electrons. The van der Waals surface area contributed by atoms with Crippen molar-refractivity contribution in [3.05, 3.63) is 57.8 Å². The van der Waals surface area contributed by atoms with Crippen LogP contribution in [0.15, 0.2) is 46.8 Å². The highest BCUT2D eigenvalue weighted by Crippen LogP contribution is 2.09. The summed E-state index contributed by atoms with van der Waals surface area (Å²) in [7, 11) is -1.25. The van der Waals surface area contributed by atoms with Crippen molar-refractivity contribution in [2.75, 3.05) is 19.8 Å². The smallest absolute Gasteiger partial charge is 0.191 e. The van der Waals surface area contributed by atoms with E-state index in [-0.39, 0.29) is 5.75 Å². The number of hydrogen-bond donors (Lipinski definition) is 2. The van der Waals surface area contributed by atoms with Crippen molar-refractivity contribution in [1.29, 1.82) is 0 Å². The van der Waals surface area contributed by atoms with Crippen LogP contribution in [0.25, 0.3) is 0 Å². The van der Waals surface area contributed by atoms with Crippen LogP contribution < -0.4 is 10.6 Å². The largest absolute Gasteiger partial charge is 0.356 e. The third-order valence-electron chi connectivity index (χ3n) is 3.38. The summed E-state index contributed by atoms with van der Waals surface area (Å²) in [6, 6.07) is 11.8. The zero-order valence-electron chi connectivity index (χ0n) is 14.0. The van der Waals surface area contributed by atoms with Gasteiger partial charge < -0.3 is 10.6 Å². The Morgan fingerprint density at radius 1 is 1.12 bits per heavy atom. The summed E-state index contributed by atoms with van der Waals surface area (Å²) < 4.78 is 22.6. The molecule has 0 saturated heterocycles. The predicted molar refractivity (Wildman–Crippen MR) is 101 cm³/mol. The number of aliphatic imine (C=N–C) groups is 1. The van der Waals surface area contributed by atoms with E-state index in [0.29, 0.717) is 6.54 Å². The number of rotatable bonds is 7. The summed E-state index contributed by atoms with van der Waals surface area (Å²) in [5.41, 5.74) is 1.88. The molecule has 0 aliphatic heterocycles. The summed E-state index contributed by atoms with van der Waals surface area (Å²) in [6.07, 6.45) is 2.22. The number of nitrogens with zero attached hydrogens (tertiary/aromatic N) is 1. The first-order chi connectivity index (χ1) is 11.5. The second-order valence-electron chi connectivity index (χ2n) is 5.57. The van der Waals surface area contributed by atoms with Gasteiger partial charge in [-0.3, -0.25) is 4.99 Å². The van der Waals surface area contributed by atoms with Crippen molar-refractivity contribution in [2.45, 2.75) is 18.7 Å². The van der Waals surface area contributed by atoms with E-state index in [1.165, 1.54) is 11.1 Å². The van der Waals surface area contributed by atoms with Gasteiger partial charge in [-0.25, -0.2) is 8.42 Å². The highest BCUT2D eigenvalue weighted by atomic mass is 32.2. The molecule has 0 aliphatic rings. The fourth-order valence-corrected chi connectivity index (χ4v) is 3.73. The maximum atomic E-state index is 11.3. The second-order valence-corrected chi connectivity index (χ2v) is 8.74. The lowest BCUT2D eigenvalue weighted by atomic mass is 10.1. The van der Waals surface area contributed by atoms with Gasteiger partial charge in [0.1, 0.15) is 0 Å². The van der Waals surface area contributed by atoms with Gasteiger partial charge in [-0.1, -0.05) is 30.3 Å². The Morgan fingerprint density at radius 2 is 1.83 bits per heavy atom. The molecule has 0 bridgehead atoms. The third-order valence-corrected chi connectivity index (χ3v) is 5.17. The minimum Gasteiger partial charge on any atom is -0.356 e. The summed E-state index contributed by atoms with van der Waals surface area (Å²) in [4.78, 5) is 5.55. The first-order valence-corrected chi connectivity index (χ1v) is 10.6. The van der Waals surface area contributed by atoms with E-state index in [9.17, 15) is 8.42 Å². The lowest BCUT2D eigenvalue weighted by molar-refractivity contribution is 0.601. The van der Waals surface area contributed by atoms with E-state index in [0.717, 1.165) is 30.1 Å². The van der Waals surface area contributed by atoms with E-state index in [1.54, 1.807) is 18.4 Å². The molecule has 24 heavy (non-hydrogen) atoms. The number of benzene rings is 1. The van der Waals surface area contributed by atoms with Crippen molar-refractivity contribution < 1.29 is 8.42 Å². The fraction of sp³-hybridized carbons (Fsp3) is 0.353. The zero-order chi connectivity index (χ0) is 17.4. The molecule has 2 N–H and O–H groups in total. The van der Waals surface area contributed by atoms with E-state index < -0.39 is 9.84 Å². The zero-order valence-corrected chi connectivity index (χ0v) is 15.6. The minimum atomic E-state index is -2.99. The van der Waals surface area contributed by atoms with Crippen LogP contribution in [0.2, 0.25) is 0 Å². The SMILES string of the molecule is CN=C(NCCc1cccs1)NCc1ccc(CS(C)(=O)=O)cc1. The molecule has 0 atom stereocenters. The number of guanidine groups is 1. The lowest BCUT2D eigenvalue weighted by Gasteiger charge is -2.12. The standard InChI is InChI=1S/C17H23N3O2S2/c1-18-17(19-10-9-16-4-3-11-23-16)20-12-14-5-7-15(8-6-14)13-24(2,21)22/h3-8,11H,9-10,12-13H2,1-2H3,(H2,18,19,20). The van der Waals surface area contributed by atoms with Gasteiger partial charge in [0.15, 0.2) is 15.8 Å². The maximum Gasteiger partial charge on any atom is 0.191 e. The topological polar surface area (TPSA) is 70.6 Å². The molecule has 0 saturated carbocycles. The van der Waals surface area contributed by atoms with Crippen LogP contribution in [0.4, 0.5) is 0 Å². The molecule has 2 aromatic rings. The number of nitrogens with one attached hydrogen (secondary N) is 2. The average Bonchev–Trinajstić information content (AvgIpc) is 3.04. The highest BCUT2D eigenvalue weighted by molar-refractivity contribution is 7.89. The molecule has 7 heteroatoms. The number of thiophene rings is 1. The molecular formula is C17H23N3O2S2. The normalized spacial score (nSPS) is 12.2. The van der Waals surface area contributed by atoms with Crippen molar-refractivity contribution in [3.63, 3.8) is 0 Å². The van der Waals surface area contributed by atoms with E-state index in [1.807, 2.05) is 24.3 Å². The number of hydrogen-bond acceptors (Lipinski definition) is 4. The lowest BCUT2D eigenvalue weighted by Crippen LogP contribution is -2.37. The third kappa shape index (κ3) is 6.72. The van der Waals surface area contributed by atoms with Crippen LogP contribution in [0, 0.1) is 0 Å². The Labute approximate surface area is 147 Å². The van der Waals surface area contributed by atoms with E-state index in [4.69, 9.17) is 0 Å². The maximum absolute atomic E-state index is 11.3. The Bertz CT molecular complexity index is 752. The molecule has 1 aromatic carbocycles. The first kappa shape index (κ1) is 18.5. The molecule has 2 rings (SSSR count). The van der Waals surface area contributed by atoms with Crippen LogP contribution in [0.1, 0.15) is 16.0 Å². The van der Waals surface area contributed by atoms with Crippen LogP contribution in [-0.2, 0) is 28.6 Å². The van der Waals surface area contributed by atoms with Crippen LogP contribution >= 0.6 is 11.3 Å². The highest BCUT2D eigenvalue weighted by Gasteiger charge is 2.04. The quantitative estimate of drug-likeness (QED) is 0.583. The van der Waals surface area contributed by atoms with Crippen LogP contribution in [0.5, 0.6) is 0 Å². The molecule has 0 fully saturated rings. The average molecular weight is 366 g/mol. The molecular weight excluding hydrogens is 342 g/mol. The predicted octanol–water partition coefficient (Wildman–Crippen LogP) is 2.20. The minimum absolute atomic E-state index is 0.0760. The van der Waals surface area contributed by atoms with Crippen LogP contribution in [0.3, 0.4) is 0 Å². The van der Waals surface area contributed by atoms with E-state index >= 15 is 0 Å². The molecule has 0 aliphatic carbocycles. The summed E-state index contributed by atoms with van der Waals surface area (Å²) in [6.45, 7) is 1.46. The van der Waals surface area contributed by atoms with Gasteiger partial charge in [0.05, 0.1) is 5.75 Å². The Kier molecular flexibility index (Phi) is 6.81. The summed E-state index contributed by atoms with van der Waals surface area (Å²) >= 11 is 1.75. The Morgan fingerprint density at radius 3 is 2.42 bits per heavy atom. The van der Waals surface area contributed by atoms with Gasteiger partial charge in [-0.05, 0) is 29.0 Å². The first-order valence-electron chi connectivity index (χ1n) is 7.69. The molecule has 0 radical (unpaired) electrons. The molecule has 0 spiro atoms. The summed E-state index contributed by atoms with van der Waals surface area (Å²) in [5, 5.41) is 8.62. The fourth-order valence-electron chi connectivity index (χ4n) is 2.22. The molecule has 0 unspecified atom stereocenters. The van der Waals surface area contributed by atoms with Gasteiger partial charge in [-0.15, -0.1) is 11.3 Å². The van der Waals surface area contributed by atoms with E-state index in [2.05, 4.69) is 33.1 Å². The van der Waals surface area contributed by atoms with Gasteiger partial charge in [0, 0.05) is 31.3 Å². The monoisotopic (exact) mass is 365 g/mol. The molecule has 5 nitrogen and oxygen atoms in total. The Balaban J connectivity index is 1.78. The number of sulfone groups is 1. The van der Waals surface area contributed by atoms with Crippen molar-refractivity contribution >= 4 is 27.1 Å². The van der Waals surface area contributed by atoms with Crippen LogP contribution in [-0.4, -0.2) is 34.2 Å². The van der Waals surface area contributed by atoms with Gasteiger partial charge in [-0.2, -0.15) is 0 Å². The van der Waals surface area contributed by atoms with Crippen molar-refractivity contribution in [3.8, 4) is 0 Å². The Hall–Kier alpha value is -1.86. The molecule has 1 aromatic heterocycles. The van der Waals surface area contributed by atoms with Gasteiger partial charge >= 0.3 is 0 Å². The van der Waals surface area contributed by atoms with Crippen molar-refractivity contribution in [2.24, 2.45) is 4.99 Å². The molecule has 0 amide bonds. The summed E-state index contributed by atoms with van der Waals surface area (Å²) in [5.74, 6) is 0.832. The van der Waals surface area contributed by atoms with Gasteiger partial charge in [0.25, 0.3) is 0 Å². The molecule has 1 heterocycles. The second kappa shape index (κ2) is 8.84. The van der Waals surface area contributed by atoms with Gasteiger partial charge in [0.2, 0.25) is 0 Å².